The van der Waals surface area contributed by atoms with Crippen molar-refractivity contribution in [3.63, 3.8) is 0 Å². The second-order valence-electron chi connectivity index (χ2n) is 4.91. The topological polar surface area (TPSA) is 15.3 Å². The molecule has 1 rings (SSSR count). The molecule has 1 atom stereocenters. The maximum absolute atomic E-state index is 3.56. The summed E-state index contributed by atoms with van der Waals surface area (Å²) in [5, 5.41) is 3.56. The molecule has 0 amide bonds. The predicted octanol–water partition coefficient (Wildman–Crippen LogP) is 2.25. The smallest absolute Gasteiger partial charge is 0.00532 e. The first kappa shape index (κ1) is 12.0. The van der Waals surface area contributed by atoms with Crippen molar-refractivity contribution in [2.75, 3.05) is 19.6 Å². The van der Waals surface area contributed by atoms with Gasteiger partial charge in [0.15, 0.2) is 0 Å². The van der Waals surface area contributed by atoms with E-state index in [4.69, 9.17) is 0 Å². The average molecular weight is 198 g/mol. The largest absolute Gasteiger partial charge is 0.312 e. The highest BCUT2D eigenvalue weighted by molar-refractivity contribution is 4.69. The van der Waals surface area contributed by atoms with E-state index in [1.807, 2.05) is 0 Å². The van der Waals surface area contributed by atoms with Crippen molar-refractivity contribution in [2.45, 2.75) is 58.5 Å². The van der Waals surface area contributed by atoms with E-state index in [-0.39, 0.29) is 0 Å². The molecular weight excluding hydrogens is 172 g/mol. The molecule has 14 heavy (non-hydrogen) atoms. The van der Waals surface area contributed by atoms with E-state index in [2.05, 4.69) is 31.0 Å². The van der Waals surface area contributed by atoms with Gasteiger partial charge in [-0.1, -0.05) is 20.3 Å². The van der Waals surface area contributed by atoms with Crippen LogP contribution in [0, 0.1) is 0 Å². The van der Waals surface area contributed by atoms with Crippen LogP contribution in [0.25, 0.3) is 0 Å². The Balaban J connectivity index is 2.06. The number of nitrogens with zero attached hydrogens (tertiary/aromatic N) is 1. The molecule has 1 N–H and O–H groups in total. The molecule has 0 spiro atoms. The van der Waals surface area contributed by atoms with Crippen LogP contribution in [0.4, 0.5) is 0 Å². The van der Waals surface area contributed by atoms with E-state index in [0.29, 0.717) is 12.1 Å². The van der Waals surface area contributed by atoms with E-state index in [0.717, 1.165) is 0 Å². The summed E-state index contributed by atoms with van der Waals surface area (Å²) in [6.07, 6.45) is 5.55. The van der Waals surface area contributed by atoms with Crippen molar-refractivity contribution in [1.29, 1.82) is 0 Å². The lowest BCUT2D eigenvalue weighted by Crippen LogP contribution is -2.37. The maximum Gasteiger partial charge on any atom is 0.00532 e. The predicted molar refractivity (Wildman–Crippen MR) is 62.6 cm³/mol. The molecule has 1 aliphatic rings. The third kappa shape index (κ3) is 4.97. The van der Waals surface area contributed by atoms with Crippen molar-refractivity contribution >= 4 is 0 Å². The fourth-order valence-electron chi connectivity index (χ4n) is 2.21. The van der Waals surface area contributed by atoms with Gasteiger partial charge < -0.3 is 10.2 Å². The number of likely N-dealkylation sites (tertiary alicyclic amines) is 1. The first-order chi connectivity index (χ1) is 6.68. The zero-order valence-electron chi connectivity index (χ0n) is 10.1. The number of nitrogens with one attached hydrogen (secondary N) is 1. The van der Waals surface area contributed by atoms with Crippen LogP contribution < -0.4 is 5.32 Å². The summed E-state index contributed by atoms with van der Waals surface area (Å²) in [5.41, 5.74) is 0. The van der Waals surface area contributed by atoms with Crippen LogP contribution in [-0.2, 0) is 0 Å². The monoisotopic (exact) mass is 198 g/mol. The van der Waals surface area contributed by atoms with E-state index >= 15 is 0 Å². The molecule has 1 heterocycles. The average Bonchev–Trinajstić information content (AvgIpc) is 2.15. The molecule has 0 aliphatic carbocycles. The standard InChI is InChI=1S/C12H26N2/c1-11(2)13-12(3)7-10-14-8-5-4-6-9-14/h11-13H,4-10H2,1-3H3. The van der Waals surface area contributed by atoms with Crippen LogP contribution in [0.5, 0.6) is 0 Å². The minimum atomic E-state index is 0.617. The van der Waals surface area contributed by atoms with Crippen molar-refractivity contribution in [1.82, 2.24) is 10.2 Å². The van der Waals surface area contributed by atoms with Crippen molar-refractivity contribution in [3.05, 3.63) is 0 Å². The summed E-state index contributed by atoms with van der Waals surface area (Å²) in [6.45, 7) is 10.7. The third-order valence-corrected chi connectivity index (χ3v) is 2.94. The Morgan fingerprint density at radius 3 is 2.29 bits per heavy atom. The molecule has 0 aromatic rings. The zero-order valence-corrected chi connectivity index (χ0v) is 10.1. The second kappa shape index (κ2) is 6.41. The highest BCUT2D eigenvalue weighted by Crippen LogP contribution is 2.09. The minimum absolute atomic E-state index is 0.617. The van der Waals surface area contributed by atoms with E-state index < -0.39 is 0 Å². The molecule has 0 bridgehead atoms. The highest BCUT2D eigenvalue weighted by atomic mass is 15.1. The second-order valence-corrected chi connectivity index (χ2v) is 4.91. The van der Waals surface area contributed by atoms with Crippen molar-refractivity contribution in [3.8, 4) is 0 Å². The van der Waals surface area contributed by atoms with Gasteiger partial charge in [-0.3, -0.25) is 0 Å². The zero-order chi connectivity index (χ0) is 10.4. The lowest BCUT2D eigenvalue weighted by molar-refractivity contribution is 0.217. The quantitative estimate of drug-likeness (QED) is 0.729. The molecule has 84 valence electrons. The first-order valence-electron chi connectivity index (χ1n) is 6.17. The summed E-state index contributed by atoms with van der Waals surface area (Å²) < 4.78 is 0. The SMILES string of the molecule is CC(C)NC(C)CCN1CCCCC1. The number of hydrogen-bond acceptors (Lipinski definition) is 2. The molecule has 0 saturated carbocycles. The Morgan fingerprint density at radius 2 is 1.71 bits per heavy atom. The van der Waals surface area contributed by atoms with Gasteiger partial charge >= 0.3 is 0 Å². The van der Waals surface area contributed by atoms with Gasteiger partial charge in [-0.2, -0.15) is 0 Å². The Kier molecular flexibility index (Phi) is 5.49. The van der Waals surface area contributed by atoms with E-state index in [9.17, 15) is 0 Å². The van der Waals surface area contributed by atoms with Crippen molar-refractivity contribution in [2.24, 2.45) is 0 Å². The molecule has 2 heteroatoms. The lowest BCUT2D eigenvalue weighted by atomic mass is 10.1. The van der Waals surface area contributed by atoms with Crippen LogP contribution in [0.15, 0.2) is 0 Å². The Hall–Kier alpha value is -0.0800. The Bertz CT molecular complexity index is 139. The van der Waals surface area contributed by atoms with Crippen LogP contribution in [0.1, 0.15) is 46.5 Å². The molecule has 0 aromatic heterocycles. The van der Waals surface area contributed by atoms with Gasteiger partial charge in [-0.05, 0) is 45.8 Å². The van der Waals surface area contributed by atoms with Crippen LogP contribution in [0.2, 0.25) is 0 Å². The summed E-state index contributed by atoms with van der Waals surface area (Å²) in [7, 11) is 0. The fraction of sp³-hybridized carbons (Fsp3) is 1.00. The van der Waals surface area contributed by atoms with Crippen LogP contribution in [0.3, 0.4) is 0 Å². The maximum atomic E-state index is 3.56. The number of rotatable bonds is 5. The van der Waals surface area contributed by atoms with E-state index in [1.54, 1.807) is 0 Å². The summed E-state index contributed by atoms with van der Waals surface area (Å²) in [6, 6.07) is 1.28. The summed E-state index contributed by atoms with van der Waals surface area (Å²) >= 11 is 0. The molecule has 0 aromatic carbocycles. The Labute approximate surface area is 89.1 Å². The Morgan fingerprint density at radius 1 is 1.07 bits per heavy atom. The third-order valence-electron chi connectivity index (χ3n) is 2.94. The van der Waals surface area contributed by atoms with Crippen molar-refractivity contribution < 1.29 is 0 Å². The van der Waals surface area contributed by atoms with Gasteiger partial charge in [0.25, 0.3) is 0 Å². The van der Waals surface area contributed by atoms with E-state index in [1.165, 1.54) is 45.3 Å². The van der Waals surface area contributed by atoms with Gasteiger partial charge in [-0.15, -0.1) is 0 Å². The normalized spacial score (nSPS) is 21.4. The van der Waals surface area contributed by atoms with Gasteiger partial charge in [0, 0.05) is 12.1 Å². The van der Waals surface area contributed by atoms with Gasteiger partial charge in [-0.25, -0.2) is 0 Å². The molecular formula is C12H26N2. The van der Waals surface area contributed by atoms with Gasteiger partial charge in [0.2, 0.25) is 0 Å². The van der Waals surface area contributed by atoms with Gasteiger partial charge in [0.1, 0.15) is 0 Å². The number of hydrogen-bond donors (Lipinski definition) is 1. The lowest BCUT2D eigenvalue weighted by Gasteiger charge is -2.28. The fourth-order valence-corrected chi connectivity index (χ4v) is 2.21. The minimum Gasteiger partial charge on any atom is -0.312 e. The number of piperidine rings is 1. The molecule has 0 radical (unpaired) electrons. The summed E-state index contributed by atoms with van der Waals surface area (Å²) in [4.78, 5) is 2.61. The molecule has 1 aliphatic heterocycles. The van der Waals surface area contributed by atoms with Gasteiger partial charge in [0.05, 0.1) is 0 Å². The first-order valence-corrected chi connectivity index (χ1v) is 6.17. The molecule has 2 nitrogen and oxygen atoms in total. The van der Waals surface area contributed by atoms with Crippen LogP contribution >= 0.6 is 0 Å². The highest BCUT2D eigenvalue weighted by Gasteiger charge is 2.11. The summed E-state index contributed by atoms with van der Waals surface area (Å²) in [5.74, 6) is 0. The van der Waals surface area contributed by atoms with Crippen LogP contribution in [-0.4, -0.2) is 36.6 Å². The molecule has 1 fully saturated rings. The molecule has 1 unspecified atom stereocenters. The molecule has 1 saturated heterocycles.